The van der Waals surface area contributed by atoms with Crippen molar-refractivity contribution in [1.29, 1.82) is 5.26 Å². The molecule has 3 aliphatic rings. The fourth-order valence-electron chi connectivity index (χ4n) is 5.80. The molecule has 1 saturated heterocycles. The quantitative estimate of drug-likeness (QED) is 0.471. The molecule has 7 nitrogen and oxygen atoms in total. The van der Waals surface area contributed by atoms with Crippen molar-refractivity contribution in [2.24, 2.45) is 5.92 Å². The number of halogens is 2. The number of benzene rings is 2. The Morgan fingerprint density at radius 1 is 1.34 bits per heavy atom. The lowest BCUT2D eigenvalue weighted by Gasteiger charge is -2.27. The molecule has 2 aliphatic heterocycles. The number of hydrogen-bond donors (Lipinski definition) is 2. The zero-order chi connectivity index (χ0) is 26.8. The van der Waals surface area contributed by atoms with E-state index < -0.39 is 29.2 Å². The monoisotopic (exact) mass is 550 g/mol. The third-order valence-corrected chi connectivity index (χ3v) is 9.44. The Labute approximate surface area is 227 Å². The van der Waals surface area contributed by atoms with Gasteiger partial charge in [-0.2, -0.15) is 5.26 Å². The van der Waals surface area contributed by atoms with Crippen LogP contribution >= 0.6 is 22.9 Å². The molecule has 3 amide bonds. The summed E-state index contributed by atoms with van der Waals surface area (Å²) in [5.74, 6) is -1.19. The molecule has 2 fully saturated rings. The maximum Gasteiger partial charge on any atom is 0.262 e. The number of aryl methyl sites for hydroxylation is 1. The van der Waals surface area contributed by atoms with Gasteiger partial charge >= 0.3 is 0 Å². The fraction of sp³-hybridized carbons (Fsp3) is 0.357. The van der Waals surface area contributed by atoms with E-state index in [0.717, 1.165) is 12.8 Å². The Bertz CT molecular complexity index is 1560. The molecule has 0 radical (unpaired) electrons. The zero-order valence-electron chi connectivity index (χ0n) is 20.5. The van der Waals surface area contributed by atoms with E-state index in [1.165, 1.54) is 22.3 Å². The molecule has 38 heavy (non-hydrogen) atoms. The van der Waals surface area contributed by atoms with Gasteiger partial charge in [0, 0.05) is 33.8 Å². The van der Waals surface area contributed by atoms with Gasteiger partial charge in [-0.05, 0) is 60.7 Å². The van der Waals surface area contributed by atoms with E-state index in [1.54, 1.807) is 37.3 Å². The van der Waals surface area contributed by atoms with Crippen LogP contribution in [0, 0.1) is 30.0 Å². The van der Waals surface area contributed by atoms with Crippen molar-refractivity contribution in [1.82, 2.24) is 10.2 Å². The molecule has 1 spiro atoms. The van der Waals surface area contributed by atoms with E-state index in [4.69, 9.17) is 11.6 Å². The summed E-state index contributed by atoms with van der Waals surface area (Å²) in [5, 5.41) is 16.6. The predicted octanol–water partition coefficient (Wildman–Crippen LogP) is 4.92. The van der Waals surface area contributed by atoms with Crippen molar-refractivity contribution in [3.63, 3.8) is 0 Å². The second kappa shape index (κ2) is 9.07. The predicted molar refractivity (Wildman–Crippen MR) is 143 cm³/mol. The van der Waals surface area contributed by atoms with E-state index in [-0.39, 0.29) is 24.8 Å². The Balaban J connectivity index is 1.30. The van der Waals surface area contributed by atoms with Gasteiger partial charge < -0.3 is 15.5 Å². The second-order valence-electron chi connectivity index (χ2n) is 10.4. The average Bonchev–Trinajstić information content (AvgIpc) is 3.43. The highest BCUT2D eigenvalue weighted by atomic mass is 35.5. The summed E-state index contributed by atoms with van der Waals surface area (Å²) in [6, 6.07) is 10.3. The van der Waals surface area contributed by atoms with Crippen molar-refractivity contribution in [3.05, 3.63) is 63.2 Å². The van der Waals surface area contributed by atoms with Gasteiger partial charge in [-0.1, -0.05) is 30.5 Å². The lowest BCUT2D eigenvalue weighted by atomic mass is 9.80. The van der Waals surface area contributed by atoms with E-state index in [1.807, 2.05) is 0 Å². The highest BCUT2D eigenvalue weighted by Gasteiger charge is 2.56. The first-order chi connectivity index (χ1) is 18.2. The van der Waals surface area contributed by atoms with Crippen molar-refractivity contribution >= 4 is 56.4 Å². The topological polar surface area (TPSA) is 102 Å². The molecule has 3 aromatic rings. The van der Waals surface area contributed by atoms with E-state index in [9.17, 15) is 24.0 Å². The van der Waals surface area contributed by atoms with E-state index in [2.05, 4.69) is 16.7 Å². The van der Waals surface area contributed by atoms with E-state index in [0.29, 0.717) is 49.1 Å². The van der Waals surface area contributed by atoms with Crippen LogP contribution in [-0.2, 0) is 15.0 Å². The maximum atomic E-state index is 14.4. The normalized spacial score (nSPS) is 22.8. The summed E-state index contributed by atoms with van der Waals surface area (Å²) >= 11 is 7.42. The molecule has 1 saturated carbocycles. The zero-order valence-corrected chi connectivity index (χ0v) is 22.1. The number of carbonyl (C=O) groups is 3. The summed E-state index contributed by atoms with van der Waals surface area (Å²) in [7, 11) is 0. The number of rotatable bonds is 5. The van der Waals surface area contributed by atoms with Gasteiger partial charge in [0.1, 0.15) is 17.9 Å². The molecule has 1 aromatic heterocycles. The van der Waals surface area contributed by atoms with Crippen molar-refractivity contribution < 1.29 is 18.8 Å². The first-order valence-electron chi connectivity index (χ1n) is 12.5. The Morgan fingerprint density at radius 3 is 2.84 bits per heavy atom. The van der Waals surface area contributed by atoms with Crippen molar-refractivity contribution in [2.75, 3.05) is 11.9 Å². The molecule has 2 aromatic carbocycles. The van der Waals surface area contributed by atoms with Crippen LogP contribution in [0.1, 0.15) is 46.5 Å². The molecule has 0 bridgehead atoms. The van der Waals surface area contributed by atoms with Gasteiger partial charge in [0.2, 0.25) is 11.8 Å². The highest BCUT2D eigenvalue weighted by Crippen LogP contribution is 2.47. The SMILES string of the molecule is Cc1c(C(=O)NC(CC2CC2)C(=O)N2C[C@]3(C[C@H]2C#N)C(=O)Nc2ccc(Cl)cc23)sc2cccc(F)c12. The first-order valence-corrected chi connectivity index (χ1v) is 13.7. The van der Waals surface area contributed by atoms with Crippen molar-refractivity contribution in [2.45, 2.75) is 50.1 Å². The number of nitrogens with one attached hydrogen (secondary N) is 2. The molecule has 3 heterocycles. The highest BCUT2D eigenvalue weighted by molar-refractivity contribution is 7.21. The minimum atomic E-state index is -1.08. The fourth-order valence-corrected chi connectivity index (χ4v) is 7.10. The van der Waals surface area contributed by atoms with Gasteiger partial charge in [0.15, 0.2) is 0 Å². The Kier molecular flexibility index (Phi) is 5.93. The number of amides is 3. The average molecular weight is 551 g/mol. The Hall–Kier alpha value is -3.48. The van der Waals surface area contributed by atoms with Crippen molar-refractivity contribution in [3.8, 4) is 6.07 Å². The minimum absolute atomic E-state index is 0.0212. The number of anilines is 1. The third kappa shape index (κ3) is 3.94. The molecule has 6 rings (SSSR count). The number of likely N-dealkylation sites (tertiary alicyclic amines) is 1. The molecule has 1 aliphatic carbocycles. The van der Waals surface area contributed by atoms with Crippen LogP contribution in [-0.4, -0.2) is 41.2 Å². The van der Waals surface area contributed by atoms with Crippen LogP contribution in [0.15, 0.2) is 36.4 Å². The van der Waals surface area contributed by atoms with Gasteiger partial charge in [-0.15, -0.1) is 11.3 Å². The standard InChI is InChI=1S/C28H24ClFN4O3S/c1-14-23-19(30)3-2-4-22(23)38-24(14)25(35)32-21(9-15-5-6-15)26(36)34-13-28(11-17(34)12-31)18-10-16(29)7-8-20(18)33-27(28)37/h2-4,7-8,10,15,17,21H,5-6,9,11,13H2,1H3,(H,32,35)(H,33,37)/t17-,21?,28-/m0/s1. The van der Waals surface area contributed by atoms with Crippen LogP contribution in [0.4, 0.5) is 10.1 Å². The largest absolute Gasteiger partial charge is 0.340 e. The molecular formula is C28H24ClFN4O3S. The number of thiophene rings is 1. The molecule has 10 heteroatoms. The lowest BCUT2D eigenvalue weighted by Crippen LogP contribution is -2.51. The summed E-state index contributed by atoms with van der Waals surface area (Å²) in [6.07, 6.45) is 2.52. The number of fused-ring (bicyclic) bond motifs is 3. The van der Waals surface area contributed by atoms with Crippen LogP contribution in [0.25, 0.3) is 10.1 Å². The molecule has 3 atom stereocenters. The molecule has 2 N–H and O–H groups in total. The summed E-state index contributed by atoms with van der Waals surface area (Å²) in [4.78, 5) is 42.3. The van der Waals surface area contributed by atoms with E-state index >= 15 is 0 Å². The lowest BCUT2D eigenvalue weighted by molar-refractivity contribution is -0.133. The molecule has 1 unspecified atom stereocenters. The van der Waals surface area contributed by atoms with Crippen LogP contribution in [0.3, 0.4) is 0 Å². The van der Waals surface area contributed by atoms with Gasteiger partial charge in [-0.3, -0.25) is 14.4 Å². The third-order valence-electron chi connectivity index (χ3n) is 7.95. The molecule has 194 valence electrons. The van der Waals surface area contributed by atoms with Gasteiger partial charge in [0.25, 0.3) is 5.91 Å². The minimum Gasteiger partial charge on any atom is -0.340 e. The summed E-state index contributed by atoms with van der Waals surface area (Å²) in [5.41, 5.74) is 0.755. The summed E-state index contributed by atoms with van der Waals surface area (Å²) < 4.78 is 15.1. The first kappa shape index (κ1) is 24.8. The maximum absolute atomic E-state index is 14.4. The summed E-state index contributed by atoms with van der Waals surface area (Å²) in [6.45, 7) is 1.72. The second-order valence-corrected chi connectivity index (χ2v) is 11.9. The molecular weight excluding hydrogens is 527 g/mol. The van der Waals surface area contributed by atoms with Crippen LogP contribution in [0.2, 0.25) is 5.02 Å². The Morgan fingerprint density at radius 2 is 2.13 bits per heavy atom. The van der Waals surface area contributed by atoms with Crippen LogP contribution in [0.5, 0.6) is 0 Å². The van der Waals surface area contributed by atoms with Crippen LogP contribution < -0.4 is 10.6 Å². The number of hydrogen-bond acceptors (Lipinski definition) is 5. The van der Waals surface area contributed by atoms with Gasteiger partial charge in [0.05, 0.1) is 16.4 Å². The number of carbonyl (C=O) groups excluding carboxylic acids is 3. The number of nitriles is 1. The number of nitrogens with zero attached hydrogens (tertiary/aromatic N) is 2. The smallest absolute Gasteiger partial charge is 0.262 e. The van der Waals surface area contributed by atoms with Gasteiger partial charge in [-0.25, -0.2) is 4.39 Å².